The number of hydrogen-bond acceptors (Lipinski definition) is 4. The van der Waals surface area contributed by atoms with Gasteiger partial charge in [-0.25, -0.2) is 0 Å². The number of allylic oxidation sites excluding steroid dienone is 2. The fourth-order valence-corrected chi connectivity index (χ4v) is 8.90. The van der Waals surface area contributed by atoms with Crippen LogP contribution in [-0.2, 0) is 4.79 Å². The van der Waals surface area contributed by atoms with Gasteiger partial charge >= 0.3 is 0 Å². The Balaban J connectivity index is 1.59. The van der Waals surface area contributed by atoms with Crippen LogP contribution in [0, 0.1) is 40.4 Å². The van der Waals surface area contributed by atoms with Crippen LogP contribution in [0.3, 0.4) is 0 Å². The molecular weight excluding hydrogens is 388 g/mol. The van der Waals surface area contributed by atoms with E-state index < -0.39 is 23.2 Å². The first-order valence-electron chi connectivity index (χ1n) is 12.7. The molecular formula is C27H44O4. The van der Waals surface area contributed by atoms with Crippen LogP contribution in [0.5, 0.6) is 0 Å². The molecule has 0 aliphatic heterocycles. The van der Waals surface area contributed by atoms with E-state index in [1.54, 1.807) is 0 Å². The zero-order valence-corrected chi connectivity index (χ0v) is 20.2. The molecule has 31 heavy (non-hydrogen) atoms. The summed E-state index contributed by atoms with van der Waals surface area (Å²) in [6.07, 6.45) is 8.31. The highest BCUT2D eigenvalue weighted by molar-refractivity contribution is 5.90. The fourth-order valence-electron chi connectivity index (χ4n) is 8.90. The van der Waals surface area contributed by atoms with Gasteiger partial charge in [-0.1, -0.05) is 32.4 Å². The van der Waals surface area contributed by atoms with E-state index >= 15 is 0 Å². The van der Waals surface area contributed by atoms with Crippen molar-refractivity contribution in [2.24, 2.45) is 40.4 Å². The molecule has 0 aromatic carbocycles. The Labute approximate surface area is 188 Å². The van der Waals surface area contributed by atoms with Crippen LogP contribution < -0.4 is 0 Å². The molecule has 0 amide bonds. The smallest absolute Gasteiger partial charge is 0.165 e. The number of aliphatic hydroxyl groups is 3. The van der Waals surface area contributed by atoms with Crippen LogP contribution in [0.4, 0.5) is 0 Å². The van der Waals surface area contributed by atoms with E-state index in [4.69, 9.17) is 0 Å². The maximum Gasteiger partial charge on any atom is 0.165 e. The molecule has 176 valence electrons. The standard InChI is InChI=1S/C27H44O4/c1-16(2)7-6-8-17(3)20-9-10-21-19-14-24(30)27(31)15-18(28)13-23(29)26(27,5)22(19)11-12-25(20,21)4/h7,17-23,28-29,31H,6,8-15H2,1-5H3. The second-order valence-corrected chi connectivity index (χ2v) is 12.3. The lowest BCUT2D eigenvalue weighted by atomic mass is 9.42. The highest BCUT2D eigenvalue weighted by atomic mass is 16.3. The molecule has 0 bridgehead atoms. The van der Waals surface area contributed by atoms with Gasteiger partial charge in [0.05, 0.1) is 12.2 Å². The van der Waals surface area contributed by atoms with Crippen LogP contribution in [0.2, 0.25) is 0 Å². The van der Waals surface area contributed by atoms with Crippen molar-refractivity contribution < 1.29 is 20.1 Å². The Morgan fingerprint density at radius 3 is 2.55 bits per heavy atom. The van der Waals surface area contributed by atoms with Crippen molar-refractivity contribution in [2.45, 2.75) is 110 Å². The SMILES string of the molecule is CC(C)=CCCC(C)C1CCC2C3CC(=O)C4(O)CC(O)CC(O)C4(C)C3CCC12C. The van der Waals surface area contributed by atoms with E-state index in [1.165, 1.54) is 18.4 Å². The second kappa shape index (κ2) is 7.95. The first-order chi connectivity index (χ1) is 14.4. The number of carbonyl (C=O) groups excluding carboxylic acids is 1. The highest BCUT2D eigenvalue weighted by Crippen LogP contribution is 2.68. The van der Waals surface area contributed by atoms with E-state index in [0.29, 0.717) is 24.2 Å². The predicted molar refractivity (Wildman–Crippen MR) is 122 cm³/mol. The molecule has 4 rings (SSSR count). The summed E-state index contributed by atoms with van der Waals surface area (Å²) in [4.78, 5) is 13.3. The van der Waals surface area contributed by atoms with Gasteiger partial charge in [0, 0.05) is 24.7 Å². The maximum absolute atomic E-state index is 13.3. The molecule has 10 atom stereocenters. The average Bonchev–Trinajstić information content (AvgIpc) is 3.02. The summed E-state index contributed by atoms with van der Waals surface area (Å²) in [7, 11) is 0. The summed E-state index contributed by atoms with van der Waals surface area (Å²) in [6.45, 7) is 11.2. The van der Waals surface area contributed by atoms with Crippen LogP contribution in [0.25, 0.3) is 0 Å². The number of Topliss-reactive ketones (excluding diaryl/α,β-unsaturated/α-hetero) is 1. The zero-order valence-electron chi connectivity index (χ0n) is 20.2. The monoisotopic (exact) mass is 432 g/mol. The number of hydrogen-bond donors (Lipinski definition) is 3. The molecule has 0 saturated heterocycles. The molecule has 0 heterocycles. The van der Waals surface area contributed by atoms with Crippen molar-refractivity contribution in [2.75, 3.05) is 0 Å². The van der Waals surface area contributed by atoms with E-state index in [9.17, 15) is 20.1 Å². The Kier molecular flexibility index (Phi) is 6.02. The van der Waals surface area contributed by atoms with Crippen LogP contribution in [0.15, 0.2) is 11.6 Å². The van der Waals surface area contributed by atoms with Crippen molar-refractivity contribution in [3.05, 3.63) is 11.6 Å². The lowest BCUT2D eigenvalue weighted by Crippen LogP contribution is -2.71. The minimum Gasteiger partial charge on any atom is -0.393 e. The topological polar surface area (TPSA) is 77.8 Å². The normalized spacial score (nSPS) is 50.3. The first kappa shape index (κ1) is 23.4. The predicted octanol–water partition coefficient (Wildman–Crippen LogP) is 4.65. The van der Waals surface area contributed by atoms with Crippen LogP contribution >= 0.6 is 0 Å². The molecule has 3 N–H and O–H groups in total. The molecule has 4 heteroatoms. The number of rotatable bonds is 4. The number of ketones is 1. The molecule has 4 saturated carbocycles. The Hall–Kier alpha value is -0.710. The van der Waals surface area contributed by atoms with Gasteiger partial charge in [0.2, 0.25) is 0 Å². The van der Waals surface area contributed by atoms with Gasteiger partial charge in [-0.05, 0) is 87.4 Å². The lowest BCUT2D eigenvalue weighted by Gasteiger charge is -2.64. The van der Waals surface area contributed by atoms with Crippen LogP contribution in [0.1, 0.15) is 92.4 Å². The largest absolute Gasteiger partial charge is 0.393 e. The third-order valence-corrected chi connectivity index (χ3v) is 10.6. The van der Waals surface area contributed by atoms with Gasteiger partial charge < -0.3 is 15.3 Å². The quantitative estimate of drug-likeness (QED) is 0.565. The molecule has 0 aromatic rings. The van der Waals surface area contributed by atoms with E-state index in [0.717, 1.165) is 25.7 Å². The summed E-state index contributed by atoms with van der Waals surface area (Å²) < 4.78 is 0. The molecule has 0 aromatic heterocycles. The van der Waals surface area contributed by atoms with Crippen LogP contribution in [-0.4, -0.2) is 38.9 Å². The molecule has 4 nitrogen and oxygen atoms in total. The summed E-state index contributed by atoms with van der Waals surface area (Å²) in [6, 6.07) is 0. The van der Waals surface area contributed by atoms with Gasteiger partial charge in [0.25, 0.3) is 0 Å². The van der Waals surface area contributed by atoms with Crippen molar-refractivity contribution in [1.82, 2.24) is 0 Å². The number of fused-ring (bicyclic) bond motifs is 5. The van der Waals surface area contributed by atoms with Gasteiger partial charge in [0.1, 0.15) is 5.60 Å². The minimum absolute atomic E-state index is 0.0779. The fraction of sp³-hybridized carbons (Fsp3) is 0.889. The number of carbonyl (C=O) groups is 1. The van der Waals surface area contributed by atoms with E-state index in [2.05, 4.69) is 33.8 Å². The zero-order chi connectivity index (χ0) is 22.8. The summed E-state index contributed by atoms with van der Waals surface area (Å²) in [5.41, 5.74) is -0.799. The van der Waals surface area contributed by atoms with Gasteiger partial charge in [0.15, 0.2) is 5.78 Å². The van der Waals surface area contributed by atoms with Crippen molar-refractivity contribution >= 4 is 5.78 Å². The number of aliphatic hydroxyl groups excluding tert-OH is 2. The molecule has 4 aliphatic carbocycles. The van der Waals surface area contributed by atoms with Crippen molar-refractivity contribution in [1.29, 1.82) is 0 Å². The molecule has 4 aliphatic rings. The maximum atomic E-state index is 13.3. The Bertz CT molecular complexity index is 742. The third-order valence-electron chi connectivity index (χ3n) is 10.6. The van der Waals surface area contributed by atoms with Crippen molar-refractivity contribution in [3.63, 3.8) is 0 Å². The van der Waals surface area contributed by atoms with Crippen molar-refractivity contribution in [3.8, 4) is 0 Å². The van der Waals surface area contributed by atoms with Gasteiger partial charge in [-0.3, -0.25) is 4.79 Å². The summed E-state index contributed by atoms with van der Waals surface area (Å²) in [5.74, 6) is 2.10. The Morgan fingerprint density at radius 1 is 1.16 bits per heavy atom. The first-order valence-corrected chi connectivity index (χ1v) is 12.7. The average molecular weight is 433 g/mol. The lowest BCUT2D eigenvalue weighted by molar-refractivity contribution is -0.245. The van der Waals surface area contributed by atoms with Gasteiger partial charge in [-0.15, -0.1) is 0 Å². The molecule has 0 spiro atoms. The summed E-state index contributed by atoms with van der Waals surface area (Å²) >= 11 is 0. The third kappa shape index (κ3) is 3.38. The van der Waals surface area contributed by atoms with E-state index in [1.807, 2.05) is 6.92 Å². The summed E-state index contributed by atoms with van der Waals surface area (Å²) in [5, 5.41) is 32.8. The van der Waals surface area contributed by atoms with E-state index in [-0.39, 0.29) is 35.9 Å². The van der Waals surface area contributed by atoms with Gasteiger partial charge in [-0.2, -0.15) is 0 Å². The molecule has 0 radical (unpaired) electrons. The second-order valence-electron chi connectivity index (χ2n) is 12.3. The minimum atomic E-state index is -1.59. The molecule has 4 fully saturated rings. The highest BCUT2D eigenvalue weighted by Gasteiger charge is 2.70. The molecule has 10 unspecified atom stereocenters. The Morgan fingerprint density at radius 2 is 1.87 bits per heavy atom.